The highest BCUT2D eigenvalue weighted by Crippen LogP contribution is 2.25. The molecule has 19 heavy (non-hydrogen) atoms. The van der Waals surface area contributed by atoms with Gasteiger partial charge in [0.1, 0.15) is 4.99 Å². The third-order valence-electron chi connectivity index (χ3n) is 4.25. The molecule has 0 radical (unpaired) electrons. The van der Waals surface area contributed by atoms with Crippen molar-refractivity contribution >= 4 is 17.2 Å². The van der Waals surface area contributed by atoms with Crippen LogP contribution in [0.25, 0.3) is 0 Å². The Balaban J connectivity index is 2.10. The number of benzene rings is 1. The molecule has 0 aromatic heterocycles. The van der Waals surface area contributed by atoms with Gasteiger partial charge in [0, 0.05) is 18.2 Å². The van der Waals surface area contributed by atoms with Gasteiger partial charge < -0.3 is 5.73 Å². The molecule has 1 saturated carbocycles. The molecule has 0 spiro atoms. The Bertz CT molecular complexity index is 450. The third kappa shape index (κ3) is 3.54. The van der Waals surface area contributed by atoms with Crippen LogP contribution in [0, 0.1) is 6.92 Å². The molecule has 0 amide bonds. The summed E-state index contributed by atoms with van der Waals surface area (Å²) in [6, 6.07) is 7.12. The van der Waals surface area contributed by atoms with Crippen LogP contribution in [-0.4, -0.2) is 22.5 Å². The van der Waals surface area contributed by atoms with E-state index < -0.39 is 0 Å². The van der Waals surface area contributed by atoms with Crippen molar-refractivity contribution in [3.05, 3.63) is 34.9 Å². The average Bonchev–Trinajstić information content (AvgIpc) is 2.91. The predicted octanol–water partition coefficient (Wildman–Crippen LogP) is 3.39. The fraction of sp³-hybridized carbons (Fsp3) is 0.562. The molecule has 104 valence electrons. The van der Waals surface area contributed by atoms with E-state index in [9.17, 15) is 0 Å². The van der Waals surface area contributed by atoms with Gasteiger partial charge in [0.2, 0.25) is 0 Å². The van der Waals surface area contributed by atoms with Crippen LogP contribution in [0.1, 0.15) is 49.3 Å². The first kappa shape index (κ1) is 14.5. The summed E-state index contributed by atoms with van der Waals surface area (Å²) < 4.78 is 0. The van der Waals surface area contributed by atoms with Crippen molar-refractivity contribution in [1.29, 1.82) is 0 Å². The highest BCUT2D eigenvalue weighted by atomic mass is 32.1. The Labute approximate surface area is 122 Å². The number of aryl methyl sites for hydroxylation is 1. The Hall–Kier alpha value is -0.930. The summed E-state index contributed by atoms with van der Waals surface area (Å²) in [5.41, 5.74) is 9.34. The van der Waals surface area contributed by atoms with Gasteiger partial charge in [-0.05, 0) is 43.5 Å². The average molecular weight is 276 g/mol. The lowest BCUT2D eigenvalue weighted by Crippen LogP contribution is -2.32. The third-order valence-corrected chi connectivity index (χ3v) is 4.48. The molecule has 2 N–H and O–H groups in total. The van der Waals surface area contributed by atoms with Crippen LogP contribution < -0.4 is 5.73 Å². The minimum Gasteiger partial charge on any atom is -0.389 e. The van der Waals surface area contributed by atoms with Crippen LogP contribution in [0.4, 0.5) is 0 Å². The highest BCUT2D eigenvalue weighted by molar-refractivity contribution is 7.80. The highest BCUT2D eigenvalue weighted by Gasteiger charge is 2.21. The van der Waals surface area contributed by atoms with Crippen LogP contribution in [0.5, 0.6) is 0 Å². The Morgan fingerprint density at radius 2 is 2.05 bits per heavy atom. The van der Waals surface area contributed by atoms with Gasteiger partial charge in [-0.1, -0.05) is 44.1 Å². The second-order valence-corrected chi connectivity index (χ2v) is 5.95. The first-order valence-corrected chi connectivity index (χ1v) is 7.66. The van der Waals surface area contributed by atoms with Crippen molar-refractivity contribution in [3.63, 3.8) is 0 Å². The standard InChI is InChI=1S/C16H24N2S/c1-3-18(15-6-4-5-7-15)11-14-9-8-13(16(17)19)10-12(14)2/h8-10,15H,3-7,11H2,1-2H3,(H2,17,19). The van der Waals surface area contributed by atoms with Gasteiger partial charge in [-0.2, -0.15) is 0 Å². The topological polar surface area (TPSA) is 29.3 Å². The van der Waals surface area contributed by atoms with Crippen molar-refractivity contribution in [2.75, 3.05) is 6.54 Å². The number of hydrogen-bond acceptors (Lipinski definition) is 2. The van der Waals surface area contributed by atoms with Gasteiger partial charge in [-0.25, -0.2) is 0 Å². The quantitative estimate of drug-likeness (QED) is 0.836. The molecule has 1 aliphatic rings. The molecule has 2 rings (SSSR count). The second-order valence-electron chi connectivity index (χ2n) is 5.51. The lowest BCUT2D eigenvalue weighted by molar-refractivity contribution is 0.200. The molecule has 1 aromatic rings. The maximum absolute atomic E-state index is 5.68. The molecule has 0 heterocycles. The van der Waals surface area contributed by atoms with E-state index in [1.807, 2.05) is 6.07 Å². The summed E-state index contributed by atoms with van der Waals surface area (Å²) in [4.78, 5) is 3.09. The summed E-state index contributed by atoms with van der Waals surface area (Å²) in [5.74, 6) is 0. The number of nitrogens with zero attached hydrogens (tertiary/aromatic N) is 1. The van der Waals surface area contributed by atoms with Gasteiger partial charge >= 0.3 is 0 Å². The van der Waals surface area contributed by atoms with E-state index in [1.54, 1.807) is 0 Å². The van der Waals surface area contributed by atoms with Crippen LogP contribution in [-0.2, 0) is 6.54 Å². The monoisotopic (exact) mass is 276 g/mol. The van der Waals surface area contributed by atoms with Gasteiger partial charge in [-0.15, -0.1) is 0 Å². The van der Waals surface area contributed by atoms with E-state index in [0.717, 1.165) is 24.7 Å². The molecule has 0 atom stereocenters. The van der Waals surface area contributed by atoms with Crippen molar-refractivity contribution < 1.29 is 0 Å². The molecular weight excluding hydrogens is 252 g/mol. The largest absolute Gasteiger partial charge is 0.389 e. The number of thiocarbonyl (C=S) groups is 1. The van der Waals surface area contributed by atoms with E-state index >= 15 is 0 Å². The molecule has 3 heteroatoms. The van der Waals surface area contributed by atoms with E-state index in [1.165, 1.54) is 36.8 Å². The first-order valence-electron chi connectivity index (χ1n) is 7.25. The zero-order valence-electron chi connectivity index (χ0n) is 12.0. The maximum atomic E-state index is 5.68. The maximum Gasteiger partial charge on any atom is 0.103 e. The van der Waals surface area contributed by atoms with Crippen LogP contribution >= 0.6 is 12.2 Å². The predicted molar refractivity (Wildman–Crippen MR) is 85.4 cm³/mol. The smallest absolute Gasteiger partial charge is 0.103 e. The van der Waals surface area contributed by atoms with E-state index in [4.69, 9.17) is 18.0 Å². The second kappa shape index (κ2) is 6.49. The Kier molecular flexibility index (Phi) is 4.94. The number of nitrogens with two attached hydrogens (primary N) is 1. The lowest BCUT2D eigenvalue weighted by atomic mass is 10.0. The normalized spacial score (nSPS) is 16.2. The molecule has 0 saturated heterocycles. The molecule has 2 nitrogen and oxygen atoms in total. The molecule has 1 aliphatic carbocycles. The fourth-order valence-corrected chi connectivity index (χ4v) is 3.14. The van der Waals surface area contributed by atoms with Crippen LogP contribution in [0.15, 0.2) is 18.2 Å². The zero-order chi connectivity index (χ0) is 13.8. The van der Waals surface area contributed by atoms with Crippen molar-refractivity contribution in [1.82, 2.24) is 4.90 Å². The fourth-order valence-electron chi connectivity index (χ4n) is 3.01. The van der Waals surface area contributed by atoms with Crippen molar-refractivity contribution in [2.45, 2.75) is 52.1 Å². The molecule has 1 fully saturated rings. The molecule has 1 aromatic carbocycles. The molecule has 0 bridgehead atoms. The summed E-state index contributed by atoms with van der Waals surface area (Å²) in [6.07, 6.45) is 5.50. The van der Waals surface area contributed by atoms with Gasteiger partial charge in [-0.3, -0.25) is 4.90 Å². The lowest BCUT2D eigenvalue weighted by Gasteiger charge is -2.28. The summed E-state index contributed by atoms with van der Waals surface area (Å²) in [5, 5.41) is 0. The molecular formula is C16H24N2S. The number of rotatable bonds is 5. The minimum atomic E-state index is 0.484. The van der Waals surface area contributed by atoms with E-state index in [2.05, 4.69) is 30.9 Å². The molecule has 0 unspecified atom stereocenters. The van der Waals surface area contributed by atoms with Gasteiger partial charge in [0.05, 0.1) is 0 Å². The van der Waals surface area contributed by atoms with Crippen LogP contribution in [0.3, 0.4) is 0 Å². The van der Waals surface area contributed by atoms with Crippen molar-refractivity contribution in [2.24, 2.45) is 5.73 Å². The first-order chi connectivity index (χ1) is 9.11. The van der Waals surface area contributed by atoms with E-state index in [0.29, 0.717) is 4.99 Å². The van der Waals surface area contributed by atoms with E-state index in [-0.39, 0.29) is 0 Å². The Morgan fingerprint density at radius 1 is 1.37 bits per heavy atom. The Morgan fingerprint density at radius 3 is 2.58 bits per heavy atom. The zero-order valence-corrected chi connectivity index (χ0v) is 12.8. The van der Waals surface area contributed by atoms with Gasteiger partial charge in [0.25, 0.3) is 0 Å². The SMILES string of the molecule is CCN(Cc1ccc(C(N)=S)cc1C)C1CCCC1. The van der Waals surface area contributed by atoms with Gasteiger partial charge in [0.15, 0.2) is 0 Å². The summed E-state index contributed by atoms with van der Waals surface area (Å²) >= 11 is 5.03. The summed E-state index contributed by atoms with van der Waals surface area (Å²) in [7, 11) is 0. The number of hydrogen-bond donors (Lipinski definition) is 1. The summed E-state index contributed by atoms with van der Waals surface area (Å²) in [6.45, 7) is 6.59. The van der Waals surface area contributed by atoms with Crippen molar-refractivity contribution in [3.8, 4) is 0 Å². The van der Waals surface area contributed by atoms with Crippen LogP contribution in [0.2, 0.25) is 0 Å². The molecule has 0 aliphatic heterocycles. The minimum absolute atomic E-state index is 0.484.